The molecular weight excluding hydrogens is 192 g/mol. The fourth-order valence-corrected chi connectivity index (χ4v) is 1.89. The van der Waals surface area contributed by atoms with Crippen molar-refractivity contribution in [1.82, 2.24) is 4.72 Å². The van der Waals surface area contributed by atoms with E-state index >= 15 is 0 Å². The molecule has 0 aromatic heterocycles. The molecule has 0 saturated carbocycles. The van der Waals surface area contributed by atoms with Gasteiger partial charge in [-0.15, -0.1) is 0 Å². The van der Waals surface area contributed by atoms with E-state index in [1.54, 1.807) is 6.92 Å². The van der Waals surface area contributed by atoms with Crippen LogP contribution >= 0.6 is 0 Å². The quantitative estimate of drug-likeness (QED) is 0.544. The summed E-state index contributed by atoms with van der Waals surface area (Å²) < 4.78 is 29.8. The van der Waals surface area contributed by atoms with Gasteiger partial charge in [-0.05, 0) is 13.8 Å². The van der Waals surface area contributed by atoms with Crippen molar-refractivity contribution >= 4 is 10.0 Å². The van der Waals surface area contributed by atoms with Crippen molar-refractivity contribution in [2.75, 3.05) is 25.5 Å². The molecule has 0 bridgehead atoms. The van der Waals surface area contributed by atoms with E-state index in [2.05, 4.69) is 4.72 Å². The molecule has 0 amide bonds. The van der Waals surface area contributed by atoms with Crippen LogP contribution in [0.5, 0.6) is 0 Å². The minimum absolute atomic E-state index is 0.00875. The van der Waals surface area contributed by atoms with Gasteiger partial charge in [-0.2, -0.15) is 0 Å². The Bertz CT molecular complexity index is 216. The number of rotatable bonds is 7. The molecule has 0 fully saturated rings. The van der Waals surface area contributed by atoms with E-state index in [-0.39, 0.29) is 18.4 Å². The summed E-state index contributed by atoms with van der Waals surface area (Å²) in [6.07, 6.45) is 0. The number of ether oxygens (including phenoxy) is 1. The molecule has 0 aliphatic rings. The Labute approximate surface area is 79.7 Å². The van der Waals surface area contributed by atoms with Gasteiger partial charge in [0, 0.05) is 19.2 Å². The van der Waals surface area contributed by atoms with E-state index in [4.69, 9.17) is 10.5 Å². The Morgan fingerprint density at radius 1 is 1.54 bits per heavy atom. The molecule has 0 aliphatic heterocycles. The minimum Gasteiger partial charge on any atom is -0.381 e. The van der Waals surface area contributed by atoms with Crippen LogP contribution < -0.4 is 10.5 Å². The van der Waals surface area contributed by atoms with Crippen LogP contribution in [0.2, 0.25) is 0 Å². The van der Waals surface area contributed by atoms with Gasteiger partial charge in [-0.25, -0.2) is 13.1 Å². The van der Waals surface area contributed by atoms with E-state index in [1.165, 1.54) is 0 Å². The van der Waals surface area contributed by atoms with Gasteiger partial charge < -0.3 is 10.5 Å². The lowest BCUT2D eigenvalue weighted by molar-refractivity contribution is 0.163. The standard InChI is InChI=1S/C7H18N2O3S/c1-3-12-4-5-13(10,11)9-7(2)6-8/h7,9H,3-6,8H2,1-2H3. The van der Waals surface area contributed by atoms with Crippen LogP contribution in [0.1, 0.15) is 13.8 Å². The summed E-state index contributed by atoms with van der Waals surface area (Å²) in [5.74, 6) is -0.00875. The monoisotopic (exact) mass is 210 g/mol. The molecule has 80 valence electrons. The van der Waals surface area contributed by atoms with E-state index in [9.17, 15) is 8.42 Å². The largest absolute Gasteiger partial charge is 0.381 e. The molecule has 0 aliphatic carbocycles. The summed E-state index contributed by atoms with van der Waals surface area (Å²) in [5.41, 5.74) is 5.28. The first-order valence-corrected chi connectivity index (χ1v) is 5.95. The lowest BCUT2D eigenvalue weighted by atomic mass is 10.4. The normalized spacial score (nSPS) is 14.4. The maximum atomic E-state index is 11.2. The van der Waals surface area contributed by atoms with Gasteiger partial charge in [0.05, 0.1) is 12.4 Å². The van der Waals surface area contributed by atoms with Crippen molar-refractivity contribution in [2.24, 2.45) is 5.73 Å². The highest BCUT2D eigenvalue weighted by Crippen LogP contribution is 1.88. The van der Waals surface area contributed by atoms with E-state index in [0.29, 0.717) is 13.2 Å². The summed E-state index contributed by atoms with van der Waals surface area (Å²) in [7, 11) is -3.22. The number of hydrogen-bond donors (Lipinski definition) is 2. The molecular formula is C7H18N2O3S. The van der Waals surface area contributed by atoms with Crippen molar-refractivity contribution < 1.29 is 13.2 Å². The highest BCUT2D eigenvalue weighted by Gasteiger charge is 2.12. The van der Waals surface area contributed by atoms with Crippen LogP contribution in [-0.4, -0.2) is 40.0 Å². The second-order valence-corrected chi connectivity index (χ2v) is 4.64. The van der Waals surface area contributed by atoms with Crippen LogP contribution in [0.4, 0.5) is 0 Å². The van der Waals surface area contributed by atoms with E-state index in [0.717, 1.165) is 0 Å². The molecule has 13 heavy (non-hydrogen) atoms. The number of sulfonamides is 1. The van der Waals surface area contributed by atoms with E-state index < -0.39 is 10.0 Å². The Hall–Kier alpha value is -0.170. The second kappa shape index (κ2) is 6.31. The summed E-state index contributed by atoms with van der Waals surface area (Å²) in [6.45, 7) is 4.60. The fourth-order valence-electron chi connectivity index (χ4n) is 0.727. The van der Waals surface area contributed by atoms with Gasteiger partial charge >= 0.3 is 0 Å². The highest BCUT2D eigenvalue weighted by atomic mass is 32.2. The Morgan fingerprint density at radius 3 is 2.62 bits per heavy atom. The SMILES string of the molecule is CCOCCS(=O)(=O)NC(C)CN. The fraction of sp³-hybridized carbons (Fsp3) is 1.00. The van der Waals surface area contributed by atoms with Gasteiger partial charge in [0.2, 0.25) is 10.0 Å². The summed E-state index contributed by atoms with van der Waals surface area (Å²) >= 11 is 0. The number of nitrogens with one attached hydrogen (secondary N) is 1. The zero-order valence-electron chi connectivity index (χ0n) is 8.12. The molecule has 3 N–H and O–H groups in total. The average molecular weight is 210 g/mol. The zero-order valence-corrected chi connectivity index (χ0v) is 8.93. The lowest BCUT2D eigenvalue weighted by Crippen LogP contribution is -2.39. The van der Waals surface area contributed by atoms with Crippen LogP contribution in [-0.2, 0) is 14.8 Å². The number of nitrogens with two attached hydrogens (primary N) is 1. The van der Waals surface area contributed by atoms with Crippen LogP contribution in [0.3, 0.4) is 0 Å². The summed E-state index contributed by atoms with van der Waals surface area (Å²) in [4.78, 5) is 0. The number of hydrogen-bond acceptors (Lipinski definition) is 4. The second-order valence-electron chi connectivity index (χ2n) is 2.77. The Balaban J connectivity index is 3.81. The molecule has 0 heterocycles. The topological polar surface area (TPSA) is 81.4 Å². The highest BCUT2D eigenvalue weighted by molar-refractivity contribution is 7.89. The maximum absolute atomic E-state index is 11.2. The van der Waals surface area contributed by atoms with Gasteiger partial charge in [0.1, 0.15) is 0 Å². The summed E-state index contributed by atoms with van der Waals surface area (Å²) in [5, 5.41) is 0. The van der Waals surface area contributed by atoms with Crippen LogP contribution in [0, 0.1) is 0 Å². The predicted molar refractivity (Wildman–Crippen MR) is 51.9 cm³/mol. The third-order valence-electron chi connectivity index (χ3n) is 1.43. The molecule has 0 aromatic rings. The zero-order chi connectivity index (χ0) is 10.3. The first-order valence-electron chi connectivity index (χ1n) is 4.29. The minimum atomic E-state index is -3.22. The lowest BCUT2D eigenvalue weighted by Gasteiger charge is -2.11. The summed E-state index contributed by atoms with van der Waals surface area (Å²) in [6, 6.07) is -0.216. The van der Waals surface area contributed by atoms with Gasteiger partial charge in [-0.3, -0.25) is 0 Å². The first-order chi connectivity index (χ1) is 6.02. The first kappa shape index (κ1) is 12.8. The molecule has 0 aromatic carbocycles. The molecule has 5 nitrogen and oxygen atoms in total. The van der Waals surface area contributed by atoms with Gasteiger partial charge in [0.15, 0.2) is 0 Å². The molecule has 0 rings (SSSR count). The predicted octanol–water partition coefficient (Wildman–Crippen LogP) is -0.710. The average Bonchev–Trinajstić information content (AvgIpc) is 2.03. The maximum Gasteiger partial charge on any atom is 0.214 e. The van der Waals surface area contributed by atoms with Crippen LogP contribution in [0.25, 0.3) is 0 Å². The smallest absolute Gasteiger partial charge is 0.214 e. The molecule has 1 atom stereocenters. The van der Waals surface area contributed by atoms with Crippen molar-refractivity contribution in [3.8, 4) is 0 Å². The molecule has 0 radical (unpaired) electrons. The molecule has 1 unspecified atom stereocenters. The third kappa shape index (κ3) is 6.94. The van der Waals surface area contributed by atoms with Crippen molar-refractivity contribution in [1.29, 1.82) is 0 Å². The van der Waals surface area contributed by atoms with Crippen LogP contribution in [0.15, 0.2) is 0 Å². The van der Waals surface area contributed by atoms with Gasteiger partial charge in [0.25, 0.3) is 0 Å². The molecule has 0 saturated heterocycles. The van der Waals surface area contributed by atoms with Crippen molar-refractivity contribution in [2.45, 2.75) is 19.9 Å². The van der Waals surface area contributed by atoms with Crippen molar-refractivity contribution in [3.63, 3.8) is 0 Å². The molecule has 6 heteroatoms. The molecule has 0 spiro atoms. The Kier molecular flexibility index (Phi) is 6.23. The third-order valence-corrected chi connectivity index (χ3v) is 2.90. The van der Waals surface area contributed by atoms with Gasteiger partial charge in [-0.1, -0.05) is 0 Å². The van der Waals surface area contributed by atoms with Crippen molar-refractivity contribution in [3.05, 3.63) is 0 Å². The van der Waals surface area contributed by atoms with E-state index in [1.807, 2.05) is 6.92 Å². The Morgan fingerprint density at radius 2 is 2.15 bits per heavy atom.